The Morgan fingerprint density at radius 3 is 2.20 bits per heavy atom. The molecule has 0 aliphatic heterocycles. The zero-order chi connectivity index (χ0) is 9.99. The van der Waals surface area contributed by atoms with E-state index in [1.165, 1.54) is 32.1 Å². The summed E-state index contributed by atoms with van der Waals surface area (Å²) in [7, 11) is 0. The molecule has 4 aliphatic carbocycles. The van der Waals surface area contributed by atoms with Crippen molar-refractivity contribution in [3.05, 3.63) is 0 Å². The highest BCUT2D eigenvalue weighted by molar-refractivity contribution is 7.80. The summed E-state index contributed by atoms with van der Waals surface area (Å²) >= 11 is 5.34. The average Bonchev–Trinajstić information content (AvgIpc) is 3.08. The Labute approximate surface area is 96.2 Å². The summed E-state index contributed by atoms with van der Waals surface area (Å²) < 4.78 is 0. The molecule has 2 bridgehead atoms. The second-order valence-electron chi connectivity index (χ2n) is 5.91. The number of rotatable bonds is 2. The van der Waals surface area contributed by atoms with Crippen LogP contribution in [0.15, 0.2) is 0 Å². The number of fused-ring (bicyclic) bond motifs is 5. The van der Waals surface area contributed by atoms with Crippen LogP contribution in [0.5, 0.6) is 0 Å². The van der Waals surface area contributed by atoms with Crippen LogP contribution in [0.4, 0.5) is 0 Å². The summed E-state index contributed by atoms with van der Waals surface area (Å²) in [5, 5.41) is 7.86. The molecule has 0 heterocycles. The number of thiocarbonyl (C=S) groups is 1. The van der Waals surface area contributed by atoms with Gasteiger partial charge < -0.3 is 10.6 Å². The first-order chi connectivity index (χ1) is 7.33. The summed E-state index contributed by atoms with van der Waals surface area (Å²) in [6.45, 7) is 0. The molecule has 4 unspecified atom stereocenters. The zero-order valence-corrected chi connectivity index (χ0v) is 9.72. The fourth-order valence-corrected chi connectivity index (χ4v) is 4.43. The van der Waals surface area contributed by atoms with Crippen LogP contribution >= 0.6 is 12.2 Å². The maximum absolute atomic E-state index is 5.34. The van der Waals surface area contributed by atoms with Crippen LogP contribution in [0.1, 0.15) is 32.1 Å². The lowest BCUT2D eigenvalue weighted by Crippen LogP contribution is -2.39. The van der Waals surface area contributed by atoms with Crippen LogP contribution in [-0.4, -0.2) is 17.2 Å². The molecule has 4 fully saturated rings. The largest absolute Gasteiger partial charge is 0.360 e. The molecule has 4 aliphatic rings. The highest BCUT2D eigenvalue weighted by atomic mass is 32.1. The van der Waals surface area contributed by atoms with Crippen LogP contribution in [0, 0.1) is 23.7 Å². The maximum atomic E-state index is 5.34. The Hall–Kier alpha value is -0.310. The van der Waals surface area contributed by atoms with Gasteiger partial charge in [0, 0.05) is 12.1 Å². The third-order valence-corrected chi connectivity index (χ3v) is 5.18. The summed E-state index contributed by atoms with van der Waals surface area (Å²) in [6, 6.07) is 1.44. The van der Waals surface area contributed by atoms with Gasteiger partial charge in [-0.2, -0.15) is 0 Å². The fourth-order valence-electron chi connectivity index (χ4n) is 4.12. The molecule has 2 N–H and O–H groups in total. The molecule has 0 saturated heterocycles. The van der Waals surface area contributed by atoms with E-state index < -0.39 is 0 Å². The van der Waals surface area contributed by atoms with Gasteiger partial charge in [-0.1, -0.05) is 0 Å². The Morgan fingerprint density at radius 2 is 1.60 bits per heavy atom. The van der Waals surface area contributed by atoms with Gasteiger partial charge in [0.25, 0.3) is 0 Å². The van der Waals surface area contributed by atoms with E-state index in [4.69, 9.17) is 12.2 Å². The quantitative estimate of drug-likeness (QED) is 0.695. The van der Waals surface area contributed by atoms with Gasteiger partial charge in [-0.15, -0.1) is 0 Å². The Kier molecular flexibility index (Phi) is 1.69. The Balaban J connectivity index is 1.35. The standard InChI is InChI=1S/C12H18N2S/c15-12(13-8-3-4-8)14-11-9-6-1-2-7(5-6)10(9)11/h6-11H,1-5H2,(H2,13,14,15). The molecule has 15 heavy (non-hydrogen) atoms. The first kappa shape index (κ1) is 8.80. The van der Waals surface area contributed by atoms with Crippen molar-refractivity contribution in [1.82, 2.24) is 10.6 Å². The molecule has 3 heteroatoms. The van der Waals surface area contributed by atoms with Crippen molar-refractivity contribution < 1.29 is 0 Å². The van der Waals surface area contributed by atoms with Crippen molar-refractivity contribution in [3.63, 3.8) is 0 Å². The van der Waals surface area contributed by atoms with Gasteiger partial charge in [0.2, 0.25) is 0 Å². The van der Waals surface area contributed by atoms with Gasteiger partial charge in [-0.25, -0.2) is 0 Å². The number of nitrogens with one attached hydrogen (secondary N) is 2. The van der Waals surface area contributed by atoms with E-state index in [-0.39, 0.29) is 0 Å². The second-order valence-corrected chi connectivity index (χ2v) is 6.31. The van der Waals surface area contributed by atoms with Crippen molar-refractivity contribution >= 4 is 17.3 Å². The predicted molar refractivity (Wildman–Crippen MR) is 63.5 cm³/mol. The molecule has 0 radical (unpaired) electrons. The van der Waals surface area contributed by atoms with Crippen LogP contribution in [0.2, 0.25) is 0 Å². The second kappa shape index (κ2) is 2.88. The molecular formula is C12H18N2S. The van der Waals surface area contributed by atoms with Gasteiger partial charge >= 0.3 is 0 Å². The molecule has 0 aromatic carbocycles. The van der Waals surface area contributed by atoms with E-state index in [1.807, 2.05) is 0 Å². The zero-order valence-electron chi connectivity index (χ0n) is 8.91. The monoisotopic (exact) mass is 222 g/mol. The van der Waals surface area contributed by atoms with Crippen molar-refractivity contribution in [3.8, 4) is 0 Å². The van der Waals surface area contributed by atoms with Gasteiger partial charge in [-0.05, 0) is 68.0 Å². The minimum absolute atomic E-state index is 0.695. The molecule has 4 atom stereocenters. The van der Waals surface area contributed by atoms with Crippen molar-refractivity contribution in [1.29, 1.82) is 0 Å². The molecular weight excluding hydrogens is 204 g/mol. The minimum Gasteiger partial charge on any atom is -0.360 e. The van der Waals surface area contributed by atoms with Crippen LogP contribution in [-0.2, 0) is 0 Å². The molecule has 0 aromatic rings. The number of hydrogen-bond acceptors (Lipinski definition) is 1. The summed E-state index contributed by atoms with van der Waals surface area (Å²) in [4.78, 5) is 0. The molecule has 2 nitrogen and oxygen atoms in total. The normalized spacial score (nSPS) is 50.0. The van der Waals surface area contributed by atoms with E-state index in [9.17, 15) is 0 Å². The minimum atomic E-state index is 0.695. The third kappa shape index (κ3) is 1.32. The smallest absolute Gasteiger partial charge is 0.166 e. The van der Waals surface area contributed by atoms with Crippen molar-refractivity contribution in [2.45, 2.75) is 44.2 Å². The SMILES string of the molecule is S=C(NC1CC1)NC1C2C3CCC(C3)C12. The predicted octanol–water partition coefficient (Wildman–Crippen LogP) is 1.66. The fraction of sp³-hybridized carbons (Fsp3) is 0.917. The molecule has 0 spiro atoms. The van der Waals surface area contributed by atoms with Gasteiger partial charge in [-0.3, -0.25) is 0 Å². The first-order valence-electron chi connectivity index (χ1n) is 6.40. The number of hydrogen-bond donors (Lipinski definition) is 2. The van der Waals surface area contributed by atoms with E-state index in [1.54, 1.807) is 0 Å². The van der Waals surface area contributed by atoms with Crippen molar-refractivity contribution in [2.24, 2.45) is 23.7 Å². The average molecular weight is 222 g/mol. The van der Waals surface area contributed by atoms with Crippen LogP contribution in [0.25, 0.3) is 0 Å². The lowest BCUT2D eigenvalue weighted by molar-refractivity contribution is 0.456. The topological polar surface area (TPSA) is 24.1 Å². The molecule has 4 saturated carbocycles. The van der Waals surface area contributed by atoms with Crippen LogP contribution in [0.3, 0.4) is 0 Å². The summed E-state index contributed by atoms with van der Waals surface area (Å²) in [6.07, 6.45) is 7.13. The molecule has 0 aromatic heterocycles. The van der Waals surface area contributed by atoms with Crippen molar-refractivity contribution in [2.75, 3.05) is 0 Å². The Bertz CT molecular complexity index is 297. The highest BCUT2D eigenvalue weighted by Crippen LogP contribution is 2.65. The molecule has 82 valence electrons. The molecule has 0 amide bonds. The van der Waals surface area contributed by atoms with Gasteiger partial charge in [0.05, 0.1) is 0 Å². The van der Waals surface area contributed by atoms with E-state index in [2.05, 4.69) is 10.6 Å². The van der Waals surface area contributed by atoms with Gasteiger partial charge in [0.1, 0.15) is 0 Å². The molecule has 4 rings (SSSR count). The summed E-state index contributed by atoms with van der Waals surface area (Å²) in [5.41, 5.74) is 0. The lowest BCUT2D eigenvalue weighted by atomic mass is 10.0. The Morgan fingerprint density at radius 1 is 0.933 bits per heavy atom. The van der Waals surface area contributed by atoms with E-state index >= 15 is 0 Å². The maximum Gasteiger partial charge on any atom is 0.166 e. The van der Waals surface area contributed by atoms with E-state index in [0.717, 1.165) is 34.8 Å². The van der Waals surface area contributed by atoms with E-state index in [0.29, 0.717) is 6.04 Å². The summed E-state index contributed by atoms with van der Waals surface area (Å²) in [5.74, 6) is 4.06. The lowest BCUT2D eigenvalue weighted by Gasteiger charge is -2.13. The van der Waals surface area contributed by atoms with Crippen LogP contribution < -0.4 is 10.6 Å². The first-order valence-corrected chi connectivity index (χ1v) is 6.81. The highest BCUT2D eigenvalue weighted by Gasteiger charge is 2.65. The van der Waals surface area contributed by atoms with Gasteiger partial charge in [0.15, 0.2) is 5.11 Å². The third-order valence-electron chi connectivity index (χ3n) is 4.95.